The van der Waals surface area contributed by atoms with Gasteiger partial charge < -0.3 is 15.7 Å². The molecule has 0 radical (unpaired) electrons. The molecular formula is C5H8N2O3. The lowest BCUT2D eigenvalue weighted by atomic mass is 10.0. The van der Waals surface area contributed by atoms with Gasteiger partial charge in [-0.15, -0.1) is 0 Å². The van der Waals surface area contributed by atoms with E-state index in [-0.39, 0.29) is 11.9 Å². The van der Waals surface area contributed by atoms with E-state index >= 15 is 0 Å². The molecule has 0 saturated carbocycles. The van der Waals surface area contributed by atoms with E-state index in [1.807, 2.05) is 0 Å². The largest absolute Gasteiger partial charge is 0.465 e. The first-order chi connectivity index (χ1) is 4.61. The van der Waals surface area contributed by atoms with Gasteiger partial charge >= 0.3 is 6.09 Å². The fraction of sp³-hybridized carbons (Fsp3) is 0.600. The van der Waals surface area contributed by atoms with E-state index in [0.29, 0.717) is 0 Å². The first-order valence-corrected chi connectivity index (χ1v) is 2.91. The van der Waals surface area contributed by atoms with Gasteiger partial charge in [0.15, 0.2) is 0 Å². The molecule has 0 spiro atoms. The standard InChI is InChI=1S/C5H8N2O3/c1-2-3(4(8)6-2)7-5(9)10/h2-3,7H,1H3,(H,6,8)(H,9,10). The van der Waals surface area contributed by atoms with Gasteiger partial charge in [-0.1, -0.05) is 0 Å². The Morgan fingerprint density at radius 3 is 2.60 bits per heavy atom. The molecule has 3 N–H and O–H groups in total. The Balaban J connectivity index is 2.40. The molecule has 1 aliphatic heterocycles. The van der Waals surface area contributed by atoms with Crippen LogP contribution in [-0.4, -0.2) is 29.2 Å². The number of carbonyl (C=O) groups is 2. The van der Waals surface area contributed by atoms with Crippen molar-refractivity contribution in [1.82, 2.24) is 10.6 Å². The molecule has 0 aromatic carbocycles. The summed E-state index contributed by atoms with van der Waals surface area (Å²) in [4.78, 5) is 20.5. The van der Waals surface area contributed by atoms with Crippen LogP contribution in [0.5, 0.6) is 0 Å². The predicted molar refractivity (Wildman–Crippen MR) is 32.6 cm³/mol. The molecule has 2 unspecified atom stereocenters. The van der Waals surface area contributed by atoms with Gasteiger partial charge in [0.05, 0.1) is 6.04 Å². The Morgan fingerprint density at radius 1 is 1.80 bits per heavy atom. The summed E-state index contributed by atoms with van der Waals surface area (Å²) >= 11 is 0. The topological polar surface area (TPSA) is 78.4 Å². The van der Waals surface area contributed by atoms with Crippen molar-refractivity contribution in [1.29, 1.82) is 0 Å². The zero-order valence-corrected chi connectivity index (χ0v) is 5.42. The Labute approximate surface area is 57.4 Å². The van der Waals surface area contributed by atoms with Crippen LogP contribution in [0.4, 0.5) is 4.79 Å². The van der Waals surface area contributed by atoms with Crippen molar-refractivity contribution in [3.05, 3.63) is 0 Å². The number of hydrogen-bond acceptors (Lipinski definition) is 2. The van der Waals surface area contributed by atoms with Crippen LogP contribution in [0.3, 0.4) is 0 Å². The molecule has 1 aliphatic rings. The lowest BCUT2D eigenvalue weighted by Crippen LogP contribution is -2.67. The molecule has 1 rings (SSSR count). The maximum Gasteiger partial charge on any atom is 0.405 e. The Morgan fingerprint density at radius 2 is 2.40 bits per heavy atom. The molecule has 2 amide bonds. The lowest BCUT2D eigenvalue weighted by Gasteiger charge is -2.33. The second-order valence-corrected chi connectivity index (χ2v) is 2.22. The third-order valence-corrected chi connectivity index (χ3v) is 1.43. The van der Waals surface area contributed by atoms with Gasteiger partial charge in [-0.25, -0.2) is 4.79 Å². The minimum absolute atomic E-state index is 0.0800. The van der Waals surface area contributed by atoms with Crippen molar-refractivity contribution in [2.24, 2.45) is 0 Å². The SMILES string of the molecule is CC1NC(=O)C1NC(=O)O. The van der Waals surface area contributed by atoms with Crippen molar-refractivity contribution >= 4 is 12.0 Å². The van der Waals surface area contributed by atoms with E-state index in [0.717, 1.165) is 0 Å². The molecule has 0 aliphatic carbocycles. The van der Waals surface area contributed by atoms with Crippen LogP contribution >= 0.6 is 0 Å². The summed E-state index contributed by atoms with van der Waals surface area (Å²) in [5.74, 6) is -0.255. The van der Waals surface area contributed by atoms with Crippen molar-refractivity contribution in [3.8, 4) is 0 Å². The Hall–Kier alpha value is -1.26. The maximum absolute atomic E-state index is 10.5. The smallest absolute Gasteiger partial charge is 0.405 e. The first-order valence-electron chi connectivity index (χ1n) is 2.91. The van der Waals surface area contributed by atoms with Crippen molar-refractivity contribution < 1.29 is 14.7 Å². The summed E-state index contributed by atoms with van der Waals surface area (Å²) in [6.45, 7) is 1.74. The number of carbonyl (C=O) groups excluding carboxylic acids is 1. The molecular weight excluding hydrogens is 136 g/mol. The Bertz CT molecular complexity index is 180. The number of β-lactam (4-membered cyclic amide) rings is 1. The van der Waals surface area contributed by atoms with E-state index in [1.165, 1.54) is 0 Å². The van der Waals surface area contributed by atoms with Gasteiger partial charge in [0.2, 0.25) is 5.91 Å². The van der Waals surface area contributed by atoms with Gasteiger partial charge in [-0.3, -0.25) is 4.79 Å². The highest BCUT2D eigenvalue weighted by Gasteiger charge is 2.36. The monoisotopic (exact) mass is 144 g/mol. The highest BCUT2D eigenvalue weighted by atomic mass is 16.4. The van der Waals surface area contributed by atoms with Crippen LogP contribution in [0.25, 0.3) is 0 Å². The summed E-state index contributed by atoms with van der Waals surface area (Å²) in [6, 6.07) is -0.638. The van der Waals surface area contributed by atoms with E-state index in [9.17, 15) is 9.59 Å². The summed E-state index contributed by atoms with van der Waals surface area (Å²) in [5.41, 5.74) is 0. The number of rotatable bonds is 1. The second kappa shape index (κ2) is 2.17. The third-order valence-electron chi connectivity index (χ3n) is 1.43. The van der Waals surface area contributed by atoms with Crippen LogP contribution < -0.4 is 10.6 Å². The van der Waals surface area contributed by atoms with Crippen molar-refractivity contribution in [2.75, 3.05) is 0 Å². The zero-order valence-electron chi connectivity index (χ0n) is 5.42. The van der Waals surface area contributed by atoms with Gasteiger partial charge in [0.25, 0.3) is 0 Å². The normalized spacial score (nSPS) is 30.3. The second-order valence-electron chi connectivity index (χ2n) is 2.22. The van der Waals surface area contributed by atoms with Gasteiger partial charge in [0.1, 0.15) is 6.04 Å². The van der Waals surface area contributed by atoms with E-state index in [4.69, 9.17) is 5.11 Å². The predicted octanol–water partition coefficient (Wildman–Crippen LogP) is -0.859. The Kier molecular flexibility index (Phi) is 1.48. The van der Waals surface area contributed by atoms with E-state index < -0.39 is 12.1 Å². The molecule has 10 heavy (non-hydrogen) atoms. The summed E-state index contributed by atoms with van der Waals surface area (Å²) < 4.78 is 0. The minimum atomic E-state index is -1.16. The van der Waals surface area contributed by atoms with Crippen LogP contribution in [0.1, 0.15) is 6.92 Å². The number of amides is 2. The fourth-order valence-electron chi connectivity index (χ4n) is 0.852. The summed E-state index contributed by atoms with van der Waals surface area (Å²) in [6.07, 6.45) is -1.16. The highest BCUT2D eigenvalue weighted by molar-refractivity contribution is 5.91. The van der Waals surface area contributed by atoms with Crippen LogP contribution in [-0.2, 0) is 4.79 Å². The van der Waals surface area contributed by atoms with Gasteiger partial charge in [-0.2, -0.15) is 0 Å². The first kappa shape index (κ1) is 6.85. The van der Waals surface area contributed by atoms with Crippen LogP contribution in [0, 0.1) is 0 Å². The minimum Gasteiger partial charge on any atom is -0.465 e. The molecule has 5 heteroatoms. The lowest BCUT2D eigenvalue weighted by molar-refractivity contribution is -0.130. The van der Waals surface area contributed by atoms with Gasteiger partial charge in [-0.05, 0) is 6.92 Å². The van der Waals surface area contributed by atoms with Crippen LogP contribution in [0.2, 0.25) is 0 Å². The number of carboxylic acid groups (broad SMARTS) is 1. The zero-order chi connectivity index (χ0) is 7.72. The highest BCUT2D eigenvalue weighted by Crippen LogP contribution is 2.03. The third kappa shape index (κ3) is 1.02. The van der Waals surface area contributed by atoms with E-state index in [2.05, 4.69) is 10.6 Å². The molecule has 0 aromatic heterocycles. The maximum atomic E-state index is 10.5. The average molecular weight is 144 g/mol. The summed E-state index contributed by atoms with van der Waals surface area (Å²) in [7, 11) is 0. The van der Waals surface area contributed by atoms with Crippen molar-refractivity contribution in [2.45, 2.75) is 19.0 Å². The van der Waals surface area contributed by atoms with Gasteiger partial charge in [0, 0.05) is 0 Å². The molecule has 2 atom stereocenters. The van der Waals surface area contributed by atoms with E-state index in [1.54, 1.807) is 6.92 Å². The molecule has 0 bridgehead atoms. The summed E-state index contributed by atoms with van der Waals surface area (Å²) in [5, 5.41) is 12.8. The van der Waals surface area contributed by atoms with Crippen LogP contribution in [0.15, 0.2) is 0 Å². The number of hydrogen-bond donors (Lipinski definition) is 3. The average Bonchev–Trinajstić information content (AvgIpc) is 1.84. The quantitative estimate of drug-likeness (QED) is 0.419. The molecule has 1 saturated heterocycles. The fourth-order valence-corrected chi connectivity index (χ4v) is 0.852. The molecule has 56 valence electrons. The molecule has 1 heterocycles. The molecule has 0 aromatic rings. The van der Waals surface area contributed by atoms with Crippen molar-refractivity contribution in [3.63, 3.8) is 0 Å². The molecule has 5 nitrogen and oxygen atoms in total. The molecule has 1 fully saturated rings. The number of nitrogens with one attached hydrogen (secondary N) is 2.